The summed E-state index contributed by atoms with van der Waals surface area (Å²) in [5.41, 5.74) is 0.345. The number of aromatic nitrogens is 3. The van der Waals surface area contributed by atoms with Crippen LogP contribution in [0.4, 0.5) is 19.0 Å². The first-order valence-corrected chi connectivity index (χ1v) is 9.07. The topological polar surface area (TPSA) is 59.8 Å². The van der Waals surface area contributed by atoms with Crippen LogP contribution in [0.3, 0.4) is 0 Å². The second kappa shape index (κ2) is 6.61. The standard InChI is InChI=1S/C20H19F3N4O/c1-11(13-4-3-5-14(8-13)20(21,22)23)24-19-17-10-27(15-6-7-15)18(28)9-16(17)12(2)25-26-19/h3-5,8-11,15H,6-7H2,1-2H3,(H,24,26)/t11-/m1/s1. The highest BCUT2D eigenvalue weighted by Gasteiger charge is 2.31. The number of nitrogens with one attached hydrogen (secondary N) is 1. The fourth-order valence-electron chi connectivity index (χ4n) is 3.29. The van der Waals surface area contributed by atoms with E-state index in [9.17, 15) is 18.0 Å². The third-order valence-corrected chi connectivity index (χ3v) is 5.03. The third-order valence-electron chi connectivity index (χ3n) is 5.03. The Morgan fingerprint density at radius 3 is 2.61 bits per heavy atom. The molecule has 28 heavy (non-hydrogen) atoms. The molecule has 0 aliphatic heterocycles. The van der Waals surface area contributed by atoms with Gasteiger partial charge in [0.2, 0.25) is 0 Å². The molecule has 1 atom stereocenters. The molecule has 0 saturated heterocycles. The van der Waals surface area contributed by atoms with Gasteiger partial charge in [0.15, 0.2) is 5.82 Å². The fraction of sp³-hybridized carbons (Fsp3) is 0.350. The Balaban J connectivity index is 1.72. The monoisotopic (exact) mass is 388 g/mol. The van der Waals surface area contributed by atoms with Gasteiger partial charge in [0, 0.05) is 29.1 Å². The van der Waals surface area contributed by atoms with E-state index in [0.717, 1.165) is 30.4 Å². The van der Waals surface area contributed by atoms with Crippen molar-refractivity contribution in [2.24, 2.45) is 0 Å². The quantitative estimate of drug-likeness (QED) is 0.708. The van der Waals surface area contributed by atoms with Crippen LogP contribution in [-0.2, 0) is 6.18 Å². The van der Waals surface area contributed by atoms with Crippen molar-refractivity contribution in [3.05, 3.63) is 63.7 Å². The van der Waals surface area contributed by atoms with E-state index < -0.39 is 17.8 Å². The number of aryl methyl sites for hydroxylation is 1. The summed E-state index contributed by atoms with van der Waals surface area (Å²) in [6, 6.07) is 6.53. The molecule has 8 heteroatoms. The van der Waals surface area contributed by atoms with Gasteiger partial charge in [0.05, 0.1) is 17.3 Å². The molecule has 1 fully saturated rings. The van der Waals surface area contributed by atoms with Crippen molar-refractivity contribution in [1.82, 2.24) is 14.8 Å². The van der Waals surface area contributed by atoms with Crippen molar-refractivity contribution < 1.29 is 13.2 Å². The summed E-state index contributed by atoms with van der Waals surface area (Å²) in [6.45, 7) is 3.54. The van der Waals surface area contributed by atoms with Crippen LogP contribution in [-0.4, -0.2) is 14.8 Å². The summed E-state index contributed by atoms with van der Waals surface area (Å²) in [5, 5.41) is 12.9. The van der Waals surface area contributed by atoms with E-state index in [2.05, 4.69) is 15.5 Å². The summed E-state index contributed by atoms with van der Waals surface area (Å²) >= 11 is 0. The van der Waals surface area contributed by atoms with Gasteiger partial charge < -0.3 is 9.88 Å². The first kappa shape index (κ1) is 18.5. The molecule has 2 aromatic heterocycles. The van der Waals surface area contributed by atoms with Crippen LogP contribution in [0.2, 0.25) is 0 Å². The number of anilines is 1. The van der Waals surface area contributed by atoms with Crippen LogP contribution in [0.1, 0.15) is 48.7 Å². The average Bonchev–Trinajstić information content (AvgIpc) is 3.48. The minimum absolute atomic E-state index is 0.0806. The summed E-state index contributed by atoms with van der Waals surface area (Å²) < 4.78 is 40.7. The predicted molar refractivity (Wildman–Crippen MR) is 100 cm³/mol. The van der Waals surface area contributed by atoms with Crippen LogP contribution < -0.4 is 10.9 Å². The van der Waals surface area contributed by atoms with Crippen LogP contribution in [0.15, 0.2) is 41.3 Å². The Morgan fingerprint density at radius 1 is 1.18 bits per heavy atom. The predicted octanol–water partition coefficient (Wildman–Crippen LogP) is 4.63. The number of hydrogen-bond acceptors (Lipinski definition) is 4. The first-order valence-electron chi connectivity index (χ1n) is 9.07. The van der Waals surface area contributed by atoms with Gasteiger partial charge in [-0.3, -0.25) is 4.79 Å². The highest BCUT2D eigenvalue weighted by Crippen LogP contribution is 2.35. The molecule has 0 spiro atoms. The van der Waals surface area contributed by atoms with Gasteiger partial charge in [0.1, 0.15) is 0 Å². The minimum atomic E-state index is -4.40. The highest BCUT2D eigenvalue weighted by molar-refractivity contribution is 5.92. The largest absolute Gasteiger partial charge is 0.416 e. The van der Waals surface area contributed by atoms with Gasteiger partial charge in [-0.15, -0.1) is 5.10 Å². The molecule has 0 bridgehead atoms. The molecule has 2 heterocycles. The zero-order valence-electron chi connectivity index (χ0n) is 15.4. The van der Waals surface area contributed by atoms with E-state index in [1.165, 1.54) is 6.07 Å². The third kappa shape index (κ3) is 3.46. The van der Waals surface area contributed by atoms with Crippen LogP contribution >= 0.6 is 0 Å². The number of hydrogen-bond donors (Lipinski definition) is 1. The Kier molecular flexibility index (Phi) is 4.36. The summed E-state index contributed by atoms with van der Waals surface area (Å²) in [4.78, 5) is 12.3. The Hall–Kier alpha value is -2.90. The average molecular weight is 388 g/mol. The number of alkyl halides is 3. The lowest BCUT2D eigenvalue weighted by Gasteiger charge is -2.18. The van der Waals surface area contributed by atoms with E-state index in [0.29, 0.717) is 22.5 Å². The van der Waals surface area contributed by atoms with Crippen molar-refractivity contribution in [2.45, 2.75) is 44.9 Å². The zero-order valence-corrected chi connectivity index (χ0v) is 15.4. The molecule has 1 aliphatic carbocycles. The van der Waals surface area contributed by atoms with Gasteiger partial charge in [-0.1, -0.05) is 12.1 Å². The van der Waals surface area contributed by atoms with Gasteiger partial charge in [0.25, 0.3) is 5.56 Å². The van der Waals surface area contributed by atoms with Gasteiger partial charge in [-0.05, 0) is 44.4 Å². The SMILES string of the molecule is Cc1nnc(N[C@H](C)c2cccc(C(F)(F)F)c2)c2cn(C3CC3)c(=O)cc12. The maximum Gasteiger partial charge on any atom is 0.416 e. The van der Waals surface area contributed by atoms with Crippen LogP contribution in [0.25, 0.3) is 10.8 Å². The number of rotatable bonds is 4. The zero-order chi connectivity index (χ0) is 20.1. The van der Waals surface area contributed by atoms with E-state index in [1.54, 1.807) is 36.7 Å². The maximum absolute atomic E-state index is 13.0. The second-order valence-electron chi connectivity index (χ2n) is 7.20. The highest BCUT2D eigenvalue weighted by atomic mass is 19.4. The molecule has 0 amide bonds. The lowest BCUT2D eigenvalue weighted by molar-refractivity contribution is -0.137. The molecule has 146 valence electrons. The molecule has 1 aliphatic rings. The minimum Gasteiger partial charge on any atom is -0.361 e. The molecular formula is C20H19F3N4O. The van der Waals surface area contributed by atoms with E-state index in [-0.39, 0.29) is 11.6 Å². The molecule has 1 saturated carbocycles. The molecule has 1 aromatic carbocycles. The van der Waals surface area contributed by atoms with Gasteiger partial charge in [-0.2, -0.15) is 18.3 Å². The number of fused-ring (bicyclic) bond motifs is 1. The van der Waals surface area contributed by atoms with Crippen molar-refractivity contribution in [2.75, 3.05) is 5.32 Å². The van der Waals surface area contributed by atoms with E-state index in [1.807, 2.05) is 0 Å². The number of halogens is 3. The molecule has 3 aromatic rings. The number of pyridine rings is 1. The van der Waals surface area contributed by atoms with Crippen molar-refractivity contribution in [1.29, 1.82) is 0 Å². The van der Waals surface area contributed by atoms with Crippen molar-refractivity contribution in [3.8, 4) is 0 Å². The van der Waals surface area contributed by atoms with Crippen molar-refractivity contribution >= 4 is 16.6 Å². The van der Waals surface area contributed by atoms with Crippen molar-refractivity contribution in [3.63, 3.8) is 0 Å². The molecule has 0 radical (unpaired) electrons. The van der Waals surface area contributed by atoms with Crippen LogP contribution in [0.5, 0.6) is 0 Å². The first-order chi connectivity index (χ1) is 13.2. The molecule has 5 nitrogen and oxygen atoms in total. The Bertz CT molecular complexity index is 1100. The second-order valence-corrected chi connectivity index (χ2v) is 7.20. The van der Waals surface area contributed by atoms with Crippen LogP contribution in [0, 0.1) is 6.92 Å². The summed E-state index contributed by atoms with van der Waals surface area (Å²) in [5.74, 6) is 0.444. The molecular weight excluding hydrogens is 369 g/mol. The Morgan fingerprint density at radius 2 is 1.93 bits per heavy atom. The van der Waals surface area contributed by atoms with E-state index in [4.69, 9.17) is 0 Å². The number of nitrogens with zero attached hydrogens (tertiary/aromatic N) is 3. The maximum atomic E-state index is 13.0. The molecule has 0 unspecified atom stereocenters. The van der Waals surface area contributed by atoms with Gasteiger partial charge >= 0.3 is 6.18 Å². The Labute approximate surface area is 159 Å². The lowest BCUT2D eigenvalue weighted by Crippen LogP contribution is -2.18. The fourth-order valence-corrected chi connectivity index (χ4v) is 3.29. The van der Waals surface area contributed by atoms with Gasteiger partial charge in [-0.25, -0.2) is 0 Å². The molecule has 1 N–H and O–H groups in total. The van der Waals surface area contributed by atoms with E-state index >= 15 is 0 Å². The smallest absolute Gasteiger partial charge is 0.361 e. The molecule has 4 rings (SSSR count). The lowest BCUT2D eigenvalue weighted by atomic mass is 10.0. The number of benzene rings is 1. The summed E-state index contributed by atoms with van der Waals surface area (Å²) in [7, 11) is 0. The summed E-state index contributed by atoms with van der Waals surface area (Å²) in [6.07, 6.45) is -0.691. The normalized spacial score (nSPS) is 15.6.